The van der Waals surface area contributed by atoms with Gasteiger partial charge in [0.1, 0.15) is 0 Å². The van der Waals surface area contributed by atoms with Crippen molar-refractivity contribution in [2.24, 2.45) is 0 Å². The Bertz CT molecular complexity index is 571. The predicted octanol–water partition coefficient (Wildman–Crippen LogP) is 1.82. The van der Waals surface area contributed by atoms with Crippen LogP contribution < -0.4 is 0 Å². The first kappa shape index (κ1) is 15.0. The molecule has 2 aliphatic rings. The molecule has 6 heteroatoms. The fourth-order valence-corrected chi connectivity index (χ4v) is 4.27. The molecule has 1 aromatic rings. The molecule has 2 aliphatic carbocycles. The van der Waals surface area contributed by atoms with Gasteiger partial charge in [0.25, 0.3) is 0 Å². The third-order valence-electron chi connectivity index (χ3n) is 3.65. The zero-order chi connectivity index (χ0) is 14.8. The molecule has 0 saturated heterocycles. The van der Waals surface area contributed by atoms with Crippen LogP contribution >= 0.6 is 0 Å². The number of carboxylic acids is 1. The lowest BCUT2D eigenvalue weighted by atomic mass is 9.96. The molecular formula is C14H18O5S. The summed E-state index contributed by atoms with van der Waals surface area (Å²) in [6.07, 6.45) is 3.26. The second-order valence-electron chi connectivity index (χ2n) is 5.22. The fourth-order valence-electron chi connectivity index (χ4n) is 2.03. The molecule has 0 bridgehead atoms. The van der Waals surface area contributed by atoms with Crippen molar-refractivity contribution in [3.8, 4) is 0 Å². The molecule has 0 atom stereocenters. The number of rotatable bonds is 3. The molecule has 20 heavy (non-hydrogen) atoms. The molecule has 1 aromatic carbocycles. The van der Waals surface area contributed by atoms with E-state index in [1.807, 2.05) is 0 Å². The third-order valence-corrected chi connectivity index (χ3v) is 6.46. The van der Waals surface area contributed by atoms with Gasteiger partial charge in [-0.05, 0) is 44.2 Å². The topological polar surface area (TPSA) is 91.7 Å². The standard InChI is InChI=1S/C7H12O3S.C7H6O2/c8-7(4-1-5-7)11(9,10)6-2-3-6;8-7(9)6-4-2-1-3-5-6/h6,8H,1-5H2;1-5H,(H,8,9). The maximum atomic E-state index is 11.4. The summed E-state index contributed by atoms with van der Waals surface area (Å²) in [6, 6.07) is 8.30. The highest BCUT2D eigenvalue weighted by Gasteiger charge is 2.53. The highest BCUT2D eigenvalue weighted by molar-refractivity contribution is 7.93. The summed E-state index contributed by atoms with van der Waals surface area (Å²) in [4.78, 5) is 8.88. The summed E-state index contributed by atoms with van der Waals surface area (Å²) in [6.45, 7) is 0. The molecule has 5 nitrogen and oxygen atoms in total. The molecule has 2 N–H and O–H groups in total. The quantitative estimate of drug-likeness (QED) is 0.888. The van der Waals surface area contributed by atoms with E-state index in [4.69, 9.17) is 5.11 Å². The number of hydrogen-bond acceptors (Lipinski definition) is 4. The third kappa shape index (κ3) is 3.02. The first-order valence-electron chi connectivity index (χ1n) is 6.61. The van der Waals surface area contributed by atoms with Gasteiger partial charge in [-0.2, -0.15) is 0 Å². The Hall–Kier alpha value is -1.40. The number of carbonyl (C=O) groups is 1. The van der Waals surface area contributed by atoms with Crippen LogP contribution in [0.4, 0.5) is 0 Å². The van der Waals surface area contributed by atoms with E-state index in [1.54, 1.807) is 30.3 Å². The minimum atomic E-state index is -3.17. The maximum Gasteiger partial charge on any atom is 0.335 e. The van der Waals surface area contributed by atoms with Gasteiger partial charge in [-0.3, -0.25) is 0 Å². The molecule has 0 amide bonds. The summed E-state index contributed by atoms with van der Waals surface area (Å²) in [5.41, 5.74) is 0.331. The van der Waals surface area contributed by atoms with Crippen molar-refractivity contribution in [2.45, 2.75) is 42.3 Å². The Kier molecular flexibility index (Phi) is 4.15. The van der Waals surface area contributed by atoms with Gasteiger partial charge in [-0.15, -0.1) is 0 Å². The van der Waals surface area contributed by atoms with Gasteiger partial charge < -0.3 is 10.2 Å². The molecule has 2 saturated carbocycles. The molecule has 0 spiro atoms. The SMILES string of the molecule is O=C(O)c1ccccc1.O=S(=O)(C1CC1)C1(O)CCC1. The van der Waals surface area contributed by atoms with Crippen molar-refractivity contribution in [3.05, 3.63) is 35.9 Å². The van der Waals surface area contributed by atoms with Gasteiger partial charge in [0.2, 0.25) is 0 Å². The van der Waals surface area contributed by atoms with Gasteiger partial charge in [0.15, 0.2) is 14.8 Å². The van der Waals surface area contributed by atoms with E-state index in [0.29, 0.717) is 18.4 Å². The first-order valence-corrected chi connectivity index (χ1v) is 8.16. The molecule has 2 fully saturated rings. The smallest absolute Gasteiger partial charge is 0.335 e. The summed E-state index contributed by atoms with van der Waals surface area (Å²) < 4.78 is 22.9. The Morgan fingerprint density at radius 1 is 1.15 bits per heavy atom. The lowest BCUT2D eigenvalue weighted by molar-refractivity contribution is 0.0468. The highest BCUT2D eigenvalue weighted by Crippen LogP contribution is 2.44. The largest absolute Gasteiger partial charge is 0.478 e. The van der Waals surface area contributed by atoms with Gasteiger partial charge in [0.05, 0.1) is 10.8 Å². The van der Waals surface area contributed by atoms with Crippen molar-refractivity contribution < 1.29 is 23.4 Å². The van der Waals surface area contributed by atoms with Crippen molar-refractivity contribution in [3.63, 3.8) is 0 Å². The Morgan fingerprint density at radius 3 is 2.00 bits per heavy atom. The van der Waals surface area contributed by atoms with Crippen LogP contribution in [-0.4, -0.2) is 34.8 Å². The lowest BCUT2D eigenvalue weighted by Gasteiger charge is -2.35. The van der Waals surface area contributed by atoms with Crippen LogP contribution in [0.1, 0.15) is 42.5 Å². The van der Waals surface area contributed by atoms with Gasteiger partial charge >= 0.3 is 5.97 Å². The van der Waals surface area contributed by atoms with Crippen molar-refractivity contribution >= 4 is 15.8 Å². The van der Waals surface area contributed by atoms with Crippen molar-refractivity contribution in [1.82, 2.24) is 0 Å². The highest BCUT2D eigenvalue weighted by atomic mass is 32.2. The van der Waals surface area contributed by atoms with Gasteiger partial charge in [-0.1, -0.05) is 18.2 Å². The average molecular weight is 298 g/mol. The summed E-state index contributed by atoms with van der Waals surface area (Å²) >= 11 is 0. The number of aliphatic hydroxyl groups is 1. The normalized spacial score (nSPS) is 20.2. The van der Waals surface area contributed by atoms with Crippen molar-refractivity contribution in [2.75, 3.05) is 0 Å². The van der Waals surface area contributed by atoms with E-state index in [1.165, 1.54) is 0 Å². The lowest BCUT2D eigenvalue weighted by Crippen LogP contribution is -2.46. The van der Waals surface area contributed by atoms with Crippen LogP contribution in [-0.2, 0) is 9.84 Å². The van der Waals surface area contributed by atoms with Gasteiger partial charge in [-0.25, -0.2) is 13.2 Å². The van der Waals surface area contributed by atoms with E-state index < -0.39 is 20.7 Å². The number of sulfone groups is 1. The number of benzene rings is 1. The summed E-state index contributed by atoms with van der Waals surface area (Å²) in [5, 5.41) is 17.7. The zero-order valence-electron chi connectivity index (χ0n) is 11.0. The van der Waals surface area contributed by atoms with Crippen LogP contribution in [0.2, 0.25) is 0 Å². The van der Waals surface area contributed by atoms with Crippen LogP contribution in [0.5, 0.6) is 0 Å². The van der Waals surface area contributed by atoms with E-state index in [2.05, 4.69) is 0 Å². The van der Waals surface area contributed by atoms with Crippen LogP contribution in [0, 0.1) is 0 Å². The molecule has 0 aromatic heterocycles. The number of carboxylic acid groups (broad SMARTS) is 1. The van der Waals surface area contributed by atoms with E-state index in [0.717, 1.165) is 19.3 Å². The minimum absolute atomic E-state index is 0.215. The Balaban J connectivity index is 0.000000151. The van der Waals surface area contributed by atoms with E-state index in [-0.39, 0.29) is 5.25 Å². The van der Waals surface area contributed by atoms with Gasteiger partial charge in [0, 0.05) is 0 Å². The Morgan fingerprint density at radius 2 is 1.70 bits per heavy atom. The minimum Gasteiger partial charge on any atom is -0.478 e. The first-order chi connectivity index (χ1) is 9.37. The van der Waals surface area contributed by atoms with Crippen LogP contribution in [0.15, 0.2) is 30.3 Å². The molecule has 0 heterocycles. The van der Waals surface area contributed by atoms with E-state index in [9.17, 15) is 18.3 Å². The number of aromatic carboxylic acids is 1. The van der Waals surface area contributed by atoms with Crippen LogP contribution in [0.25, 0.3) is 0 Å². The van der Waals surface area contributed by atoms with Crippen molar-refractivity contribution in [1.29, 1.82) is 0 Å². The summed E-state index contributed by atoms with van der Waals surface area (Å²) in [7, 11) is -3.17. The van der Waals surface area contributed by atoms with E-state index >= 15 is 0 Å². The number of hydrogen-bond donors (Lipinski definition) is 2. The van der Waals surface area contributed by atoms with Crippen LogP contribution in [0.3, 0.4) is 0 Å². The molecule has 3 rings (SSSR count). The molecule has 0 unspecified atom stereocenters. The average Bonchev–Trinajstić information content (AvgIpc) is 3.22. The Labute approximate surface area is 118 Å². The zero-order valence-corrected chi connectivity index (χ0v) is 11.8. The predicted molar refractivity (Wildman–Crippen MR) is 74.1 cm³/mol. The maximum absolute atomic E-state index is 11.4. The molecule has 0 aliphatic heterocycles. The molecule has 0 radical (unpaired) electrons. The fraction of sp³-hybridized carbons (Fsp3) is 0.500. The molecular weight excluding hydrogens is 280 g/mol. The second kappa shape index (κ2) is 5.54. The monoisotopic (exact) mass is 298 g/mol. The molecule has 110 valence electrons. The second-order valence-corrected chi connectivity index (χ2v) is 7.73. The summed E-state index contributed by atoms with van der Waals surface area (Å²) in [5.74, 6) is -0.879.